The van der Waals surface area contributed by atoms with E-state index >= 15 is 0 Å². The van der Waals surface area contributed by atoms with Crippen molar-refractivity contribution in [2.24, 2.45) is 0 Å². The largest absolute Gasteiger partial charge is 0.747 e. The molecular formula is C9H14O3P+. The van der Waals surface area contributed by atoms with E-state index in [0.29, 0.717) is 5.75 Å². The molecule has 1 aromatic carbocycles. The smallest absolute Gasteiger partial charge is 0.229 e. The fourth-order valence-corrected chi connectivity index (χ4v) is 0.874. The van der Waals surface area contributed by atoms with Gasteiger partial charge in [-0.3, -0.25) is 0 Å². The average molecular weight is 201 g/mol. The Hall–Kier alpha value is -0.920. The normalized spacial score (nSPS) is 9.62. The van der Waals surface area contributed by atoms with Crippen LogP contribution in [0.4, 0.5) is 0 Å². The van der Waals surface area contributed by atoms with Crippen molar-refractivity contribution in [1.82, 2.24) is 0 Å². The third-order valence-corrected chi connectivity index (χ3v) is 1.29. The van der Waals surface area contributed by atoms with Crippen molar-refractivity contribution in [3.8, 4) is 5.75 Å². The van der Waals surface area contributed by atoms with Gasteiger partial charge in [-0.1, -0.05) is 38.5 Å². The Morgan fingerprint density at radius 2 is 1.77 bits per heavy atom. The van der Waals surface area contributed by atoms with E-state index < -0.39 is 8.25 Å². The maximum absolute atomic E-state index is 10.1. The molecule has 0 amide bonds. The molecule has 72 valence electrons. The topological polar surface area (TPSA) is 46.5 Å². The number of para-hydroxylation sites is 1. The monoisotopic (exact) mass is 201 g/mol. The van der Waals surface area contributed by atoms with E-state index in [2.05, 4.69) is 18.4 Å². The van der Waals surface area contributed by atoms with Gasteiger partial charge in [0.25, 0.3) is 0 Å². The molecular weight excluding hydrogens is 187 g/mol. The minimum atomic E-state index is -2.53. The van der Waals surface area contributed by atoms with Crippen LogP contribution in [0.25, 0.3) is 0 Å². The predicted molar refractivity (Wildman–Crippen MR) is 52.9 cm³/mol. The van der Waals surface area contributed by atoms with Crippen LogP contribution in [0.15, 0.2) is 30.3 Å². The van der Waals surface area contributed by atoms with E-state index in [1.165, 1.54) is 6.42 Å². The summed E-state index contributed by atoms with van der Waals surface area (Å²) in [6.07, 6.45) is 1.25. The third-order valence-electron chi connectivity index (χ3n) is 0.927. The predicted octanol–water partition coefficient (Wildman–Crippen LogP) is 3.13. The van der Waals surface area contributed by atoms with E-state index in [1.54, 1.807) is 30.3 Å². The zero-order valence-electron chi connectivity index (χ0n) is 7.80. The maximum atomic E-state index is 10.1. The summed E-state index contributed by atoms with van der Waals surface area (Å²) in [4.78, 5) is 8.29. The first-order chi connectivity index (χ1) is 6.20. The van der Waals surface area contributed by atoms with Crippen molar-refractivity contribution in [2.75, 3.05) is 0 Å². The number of hydrogen-bond donors (Lipinski definition) is 1. The highest BCUT2D eigenvalue weighted by Crippen LogP contribution is 2.21. The lowest BCUT2D eigenvalue weighted by Gasteiger charge is -1.86. The molecule has 0 bridgehead atoms. The molecule has 1 atom stereocenters. The summed E-state index contributed by atoms with van der Waals surface area (Å²) in [5, 5.41) is 0. The van der Waals surface area contributed by atoms with Crippen LogP contribution in [0.1, 0.15) is 20.3 Å². The number of rotatable bonds is 2. The molecule has 0 saturated carbocycles. The molecule has 0 radical (unpaired) electrons. The highest BCUT2D eigenvalue weighted by Gasteiger charge is 2.12. The van der Waals surface area contributed by atoms with Gasteiger partial charge in [-0.05, 0) is 12.1 Å². The summed E-state index contributed by atoms with van der Waals surface area (Å²) in [5.41, 5.74) is 0. The van der Waals surface area contributed by atoms with E-state index in [4.69, 9.17) is 4.89 Å². The van der Waals surface area contributed by atoms with Crippen LogP contribution < -0.4 is 4.52 Å². The molecule has 0 aliphatic carbocycles. The third kappa shape index (κ3) is 7.44. The van der Waals surface area contributed by atoms with E-state index in [9.17, 15) is 4.57 Å². The van der Waals surface area contributed by atoms with Gasteiger partial charge in [0, 0.05) is 4.57 Å². The lowest BCUT2D eigenvalue weighted by molar-refractivity contribution is 0.410. The van der Waals surface area contributed by atoms with Crippen molar-refractivity contribution in [1.29, 1.82) is 0 Å². The number of benzene rings is 1. The zero-order valence-corrected chi connectivity index (χ0v) is 8.70. The van der Waals surface area contributed by atoms with Crippen LogP contribution >= 0.6 is 8.25 Å². The molecule has 1 rings (SSSR count). The fourth-order valence-electron chi connectivity index (χ4n) is 0.572. The minimum absolute atomic E-state index is 0.408. The van der Waals surface area contributed by atoms with Gasteiger partial charge in [0.15, 0.2) is 5.75 Å². The Kier molecular flexibility index (Phi) is 7.17. The molecule has 13 heavy (non-hydrogen) atoms. The summed E-state index contributed by atoms with van der Waals surface area (Å²) in [7, 11) is -2.53. The van der Waals surface area contributed by atoms with Crippen LogP contribution in [0.3, 0.4) is 0 Å². The van der Waals surface area contributed by atoms with Gasteiger partial charge >= 0.3 is 8.25 Å². The van der Waals surface area contributed by atoms with Crippen molar-refractivity contribution in [3.63, 3.8) is 0 Å². The Morgan fingerprint density at radius 1 is 1.31 bits per heavy atom. The zero-order chi connectivity index (χ0) is 10.1. The quantitative estimate of drug-likeness (QED) is 0.747. The highest BCUT2D eigenvalue weighted by molar-refractivity contribution is 7.32. The van der Waals surface area contributed by atoms with Crippen LogP contribution in [0.2, 0.25) is 0 Å². The van der Waals surface area contributed by atoms with Gasteiger partial charge < -0.3 is 0 Å². The minimum Gasteiger partial charge on any atom is -0.229 e. The standard InChI is InChI=1S/C6H5O3P.C3H8/c7-10(8)9-6-4-2-1-3-5-6;1-3-2/h1-5H;3H2,1-2H3/p+1. The second-order valence-electron chi connectivity index (χ2n) is 2.35. The molecule has 4 heteroatoms. The summed E-state index contributed by atoms with van der Waals surface area (Å²) in [6, 6.07) is 8.49. The van der Waals surface area contributed by atoms with E-state index in [1.807, 2.05) is 0 Å². The Morgan fingerprint density at radius 3 is 2.15 bits per heavy atom. The molecule has 0 aromatic heterocycles. The van der Waals surface area contributed by atoms with Gasteiger partial charge in [0.1, 0.15) is 0 Å². The number of hydrogen-bond acceptors (Lipinski definition) is 2. The summed E-state index contributed by atoms with van der Waals surface area (Å²) >= 11 is 0. The van der Waals surface area contributed by atoms with Crippen molar-refractivity contribution in [3.05, 3.63) is 30.3 Å². The van der Waals surface area contributed by atoms with Gasteiger partial charge in [0.2, 0.25) is 0 Å². The van der Waals surface area contributed by atoms with Gasteiger partial charge in [0.05, 0.1) is 0 Å². The van der Waals surface area contributed by atoms with Gasteiger partial charge in [-0.15, -0.1) is 4.89 Å². The fraction of sp³-hybridized carbons (Fsp3) is 0.333. The average Bonchev–Trinajstić information content (AvgIpc) is 2.06. The van der Waals surface area contributed by atoms with Crippen molar-refractivity contribution < 1.29 is 14.0 Å². The second-order valence-corrected chi connectivity index (χ2v) is 3.01. The molecule has 0 spiro atoms. The van der Waals surface area contributed by atoms with Gasteiger partial charge in [-0.25, -0.2) is 4.52 Å². The first-order valence-corrected chi connectivity index (χ1v) is 5.22. The van der Waals surface area contributed by atoms with Crippen LogP contribution in [-0.4, -0.2) is 4.89 Å². The molecule has 1 unspecified atom stereocenters. The second kappa shape index (κ2) is 7.71. The van der Waals surface area contributed by atoms with Crippen molar-refractivity contribution in [2.45, 2.75) is 20.3 Å². The SMILES string of the molecule is CCC.O=[P+](O)Oc1ccccc1. The summed E-state index contributed by atoms with van der Waals surface area (Å²) in [5.74, 6) is 0.408. The Balaban J connectivity index is 0.000000424. The summed E-state index contributed by atoms with van der Waals surface area (Å²) in [6.45, 7) is 4.25. The molecule has 0 heterocycles. The van der Waals surface area contributed by atoms with Crippen LogP contribution in [0.5, 0.6) is 5.75 Å². The van der Waals surface area contributed by atoms with E-state index in [0.717, 1.165) is 0 Å². The molecule has 0 aliphatic heterocycles. The lowest BCUT2D eigenvalue weighted by Crippen LogP contribution is -1.77. The van der Waals surface area contributed by atoms with Crippen molar-refractivity contribution >= 4 is 8.25 Å². The molecule has 1 N–H and O–H groups in total. The highest BCUT2D eigenvalue weighted by atomic mass is 31.1. The molecule has 3 nitrogen and oxygen atoms in total. The molecule has 1 aromatic rings. The van der Waals surface area contributed by atoms with Gasteiger partial charge in [-0.2, -0.15) is 0 Å². The summed E-state index contributed by atoms with van der Waals surface area (Å²) < 4.78 is 14.6. The maximum Gasteiger partial charge on any atom is 0.747 e. The lowest BCUT2D eigenvalue weighted by atomic mass is 10.3. The van der Waals surface area contributed by atoms with Crippen LogP contribution in [-0.2, 0) is 4.57 Å². The Labute approximate surface area is 79.3 Å². The van der Waals surface area contributed by atoms with E-state index in [-0.39, 0.29) is 0 Å². The first kappa shape index (κ1) is 12.1. The van der Waals surface area contributed by atoms with Crippen LogP contribution in [0, 0.1) is 0 Å². The molecule has 0 saturated heterocycles. The molecule has 0 aliphatic rings. The first-order valence-electron chi connectivity index (χ1n) is 4.09. The molecule has 0 fully saturated rings. The Bertz CT molecular complexity index is 236.